The highest BCUT2D eigenvalue weighted by molar-refractivity contribution is 7.07. The van der Waals surface area contributed by atoms with E-state index >= 15 is 0 Å². The van der Waals surface area contributed by atoms with E-state index in [1.54, 1.807) is 55.5 Å². The Bertz CT molecular complexity index is 1840. The van der Waals surface area contributed by atoms with Gasteiger partial charge in [0.1, 0.15) is 11.8 Å². The second-order valence-electron chi connectivity index (χ2n) is 8.61. The standard InChI is InChI=1S/C30H21Cl2N3O4S/c1-2-38-29(37)25-26(18-6-4-3-5-7-18)34-30-35(27(25)19-8-10-21(31)11-9-19)28(36)24(40-30)17-20-16-22(32)12-13-23(20)39-15-14-33/h3-13,16-17,27H,2,15H2,1H3/b24-17-/t27-/m1/s1. The van der Waals surface area contributed by atoms with Gasteiger partial charge in [0.15, 0.2) is 11.4 Å². The van der Waals surface area contributed by atoms with Crippen LogP contribution in [-0.4, -0.2) is 23.8 Å². The van der Waals surface area contributed by atoms with E-state index in [-0.39, 0.29) is 24.3 Å². The highest BCUT2D eigenvalue weighted by atomic mass is 35.5. The van der Waals surface area contributed by atoms with Crippen molar-refractivity contribution in [2.45, 2.75) is 13.0 Å². The van der Waals surface area contributed by atoms with E-state index in [0.29, 0.717) is 47.5 Å². The number of aromatic nitrogens is 1. The smallest absolute Gasteiger partial charge is 0.338 e. The van der Waals surface area contributed by atoms with Crippen molar-refractivity contribution in [2.75, 3.05) is 13.2 Å². The molecule has 0 radical (unpaired) electrons. The van der Waals surface area contributed by atoms with Gasteiger partial charge in [0.05, 0.1) is 28.5 Å². The molecule has 0 bridgehead atoms. The fourth-order valence-electron chi connectivity index (χ4n) is 4.42. The summed E-state index contributed by atoms with van der Waals surface area (Å²) in [5.74, 6) is -0.162. The lowest BCUT2D eigenvalue weighted by Gasteiger charge is -2.25. The van der Waals surface area contributed by atoms with Gasteiger partial charge in [0, 0.05) is 21.2 Å². The van der Waals surface area contributed by atoms with Gasteiger partial charge in [-0.2, -0.15) is 5.26 Å². The molecule has 200 valence electrons. The van der Waals surface area contributed by atoms with Crippen LogP contribution in [-0.2, 0) is 9.53 Å². The van der Waals surface area contributed by atoms with Crippen LogP contribution in [0.3, 0.4) is 0 Å². The molecule has 2 heterocycles. The fourth-order valence-corrected chi connectivity index (χ4v) is 5.71. The number of carbonyl (C=O) groups is 1. The summed E-state index contributed by atoms with van der Waals surface area (Å²) in [6.07, 6.45) is 1.65. The number of ether oxygens (including phenoxy) is 2. The van der Waals surface area contributed by atoms with Gasteiger partial charge in [-0.05, 0) is 48.9 Å². The fraction of sp³-hybridized carbons (Fsp3) is 0.133. The molecule has 40 heavy (non-hydrogen) atoms. The molecule has 0 amide bonds. The van der Waals surface area contributed by atoms with Crippen LogP contribution in [0.15, 0.2) is 88.2 Å². The maximum Gasteiger partial charge on any atom is 0.338 e. The van der Waals surface area contributed by atoms with E-state index in [4.69, 9.17) is 42.9 Å². The quantitative estimate of drug-likeness (QED) is 0.278. The van der Waals surface area contributed by atoms with Crippen molar-refractivity contribution in [3.8, 4) is 11.8 Å². The first-order chi connectivity index (χ1) is 19.4. The zero-order valence-electron chi connectivity index (χ0n) is 21.1. The van der Waals surface area contributed by atoms with Crippen LogP contribution < -0.4 is 19.6 Å². The number of hydrogen-bond donors (Lipinski definition) is 0. The van der Waals surface area contributed by atoms with Crippen LogP contribution in [0.25, 0.3) is 11.8 Å². The van der Waals surface area contributed by atoms with Crippen molar-refractivity contribution in [3.63, 3.8) is 0 Å². The van der Waals surface area contributed by atoms with Crippen molar-refractivity contribution in [1.29, 1.82) is 5.26 Å². The number of carbonyl (C=O) groups excluding carboxylic acids is 1. The van der Waals surface area contributed by atoms with Crippen LogP contribution >= 0.6 is 34.5 Å². The van der Waals surface area contributed by atoms with E-state index in [2.05, 4.69) is 0 Å². The first-order valence-electron chi connectivity index (χ1n) is 12.2. The second-order valence-corrected chi connectivity index (χ2v) is 10.5. The summed E-state index contributed by atoms with van der Waals surface area (Å²) < 4.78 is 12.9. The van der Waals surface area contributed by atoms with Gasteiger partial charge in [-0.15, -0.1) is 0 Å². The molecule has 0 saturated carbocycles. The predicted octanol–water partition coefficient (Wildman–Crippen LogP) is 5.14. The predicted molar refractivity (Wildman–Crippen MR) is 155 cm³/mol. The highest BCUT2D eigenvalue weighted by Crippen LogP contribution is 2.35. The number of nitriles is 1. The van der Waals surface area contributed by atoms with E-state index < -0.39 is 12.0 Å². The van der Waals surface area contributed by atoms with Crippen LogP contribution in [0, 0.1) is 11.3 Å². The molecule has 1 aromatic heterocycles. The molecule has 3 aromatic carbocycles. The number of benzene rings is 3. The largest absolute Gasteiger partial charge is 0.478 e. The Labute approximate surface area is 243 Å². The van der Waals surface area contributed by atoms with Crippen molar-refractivity contribution in [3.05, 3.63) is 125 Å². The van der Waals surface area contributed by atoms with Crippen LogP contribution in [0.1, 0.15) is 29.7 Å². The first kappa shape index (κ1) is 27.4. The molecule has 10 heteroatoms. The van der Waals surface area contributed by atoms with Crippen LogP contribution in [0.4, 0.5) is 0 Å². The van der Waals surface area contributed by atoms with Gasteiger partial charge in [-0.1, -0.05) is 77.0 Å². The van der Waals surface area contributed by atoms with Crippen molar-refractivity contribution >= 4 is 52.3 Å². The normalized spacial score (nSPS) is 14.8. The third kappa shape index (κ3) is 5.45. The Balaban J connectivity index is 1.81. The summed E-state index contributed by atoms with van der Waals surface area (Å²) in [5.41, 5.74) is 2.23. The lowest BCUT2D eigenvalue weighted by Crippen LogP contribution is -2.40. The lowest BCUT2D eigenvalue weighted by atomic mass is 9.93. The van der Waals surface area contributed by atoms with Crippen LogP contribution in [0.2, 0.25) is 10.0 Å². The summed E-state index contributed by atoms with van der Waals surface area (Å²) in [4.78, 5) is 32.7. The molecule has 0 unspecified atom stereocenters. The number of hydrogen-bond acceptors (Lipinski definition) is 7. The van der Waals surface area contributed by atoms with Crippen molar-refractivity contribution in [1.82, 2.24) is 4.57 Å². The van der Waals surface area contributed by atoms with E-state index in [1.165, 1.54) is 15.9 Å². The van der Waals surface area contributed by atoms with Gasteiger partial charge in [-0.3, -0.25) is 9.36 Å². The minimum Gasteiger partial charge on any atom is -0.478 e. The molecule has 0 aliphatic carbocycles. The zero-order valence-corrected chi connectivity index (χ0v) is 23.5. The third-order valence-corrected chi connectivity index (χ3v) is 7.58. The number of rotatable bonds is 7. The van der Waals surface area contributed by atoms with Gasteiger partial charge in [0.25, 0.3) is 5.56 Å². The molecule has 1 atom stereocenters. The first-order valence-corrected chi connectivity index (χ1v) is 13.8. The highest BCUT2D eigenvalue weighted by Gasteiger charge is 2.35. The molecule has 4 aromatic rings. The number of esters is 1. The van der Waals surface area contributed by atoms with Crippen molar-refractivity contribution < 1.29 is 14.3 Å². The summed E-state index contributed by atoms with van der Waals surface area (Å²) in [6, 6.07) is 22.3. The van der Waals surface area contributed by atoms with E-state index in [9.17, 15) is 9.59 Å². The monoisotopic (exact) mass is 589 g/mol. The second kappa shape index (κ2) is 11.9. The molecule has 0 spiro atoms. The lowest BCUT2D eigenvalue weighted by molar-refractivity contribution is -0.138. The molecule has 5 rings (SSSR count). The van der Waals surface area contributed by atoms with Gasteiger partial charge in [0.2, 0.25) is 0 Å². The summed E-state index contributed by atoms with van der Waals surface area (Å²) >= 11 is 13.6. The SMILES string of the molecule is CCOC(=O)C1=C(c2ccccc2)N=c2s/c(=C\c3cc(Cl)ccc3OCC#N)c(=O)n2[C@@H]1c1ccc(Cl)cc1. The minimum atomic E-state index is -0.821. The maximum atomic E-state index is 14.0. The van der Waals surface area contributed by atoms with E-state index in [1.807, 2.05) is 36.4 Å². The van der Waals surface area contributed by atoms with Crippen molar-refractivity contribution in [2.24, 2.45) is 4.99 Å². The number of thiazole rings is 1. The van der Waals surface area contributed by atoms with Gasteiger partial charge >= 0.3 is 5.97 Å². The molecule has 0 saturated heterocycles. The van der Waals surface area contributed by atoms with Crippen LogP contribution in [0.5, 0.6) is 5.75 Å². The average Bonchev–Trinajstić information content (AvgIpc) is 3.27. The Hall–Kier alpha value is -4.16. The molecule has 1 aliphatic rings. The topological polar surface area (TPSA) is 93.7 Å². The van der Waals surface area contributed by atoms with Gasteiger partial charge < -0.3 is 9.47 Å². The summed E-state index contributed by atoms with van der Waals surface area (Å²) in [7, 11) is 0. The van der Waals surface area contributed by atoms with E-state index in [0.717, 1.165) is 0 Å². The Morgan fingerprint density at radius 2 is 1.82 bits per heavy atom. The number of nitrogens with zero attached hydrogens (tertiary/aromatic N) is 3. The Kier molecular flexibility index (Phi) is 8.17. The molecule has 0 fully saturated rings. The Morgan fingerprint density at radius 3 is 2.52 bits per heavy atom. The zero-order chi connectivity index (χ0) is 28.2. The summed E-state index contributed by atoms with van der Waals surface area (Å²) in [5, 5.41) is 9.94. The minimum absolute atomic E-state index is 0.155. The molecule has 7 nitrogen and oxygen atoms in total. The molecular weight excluding hydrogens is 569 g/mol. The average molecular weight is 590 g/mol. The molecule has 0 N–H and O–H groups in total. The Morgan fingerprint density at radius 1 is 1.10 bits per heavy atom. The molecular formula is C30H21Cl2N3O4S. The third-order valence-electron chi connectivity index (χ3n) is 6.11. The summed E-state index contributed by atoms with van der Waals surface area (Å²) in [6.45, 7) is 1.72. The molecule has 1 aliphatic heterocycles. The number of halogens is 2. The maximum absolute atomic E-state index is 14.0. The van der Waals surface area contributed by atoms with Gasteiger partial charge in [-0.25, -0.2) is 9.79 Å². The number of fused-ring (bicyclic) bond motifs is 1.